The average Bonchev–Trinajstić information content (AvgIpc) is 3.15. The fourth-order valence-corrected chi connectivity index (χ4v) is 4.98. The van der Waals surface area contributed by atoms with Crippen molar-refractivity contribution in [1.29, 1.82) is 0 Å². The molecule has 0 spiro atoms. The molecule has 2 aliphatic rings. The number of aromatic nitrogens is 1. The second kappa shape index (κ2) is 7.09. The minimum Gasteiger partial charge on any atom is -0.493 e. The van der Waals surface area contributed by atoms with Gasteiger partial charge in [0, 0.05) is 17.0 Å². The Morgan fingerprint density at radius 1 is 1.40 bits per heavy atom. The maximum Gasteiger partial charge on any atom is 0.331 e. The van der Waals surface area contributed by atoms with Gasteiger partial charge in [-0.3, -0.25) is 4.79 Å². The predicted molar refractivity (Wildman–Crippen MR) is 115 cm³/mol. The van der Waals surface area contributed by atoms with E-state index in [2.05, 4.69) is 46.8 Å². The molecule has 0 bridgehead atoms. The molecular formula is C21H22N4O4S. The summed E-state index contributed by atoms with van der Waals surface area (Å²) in [5.74, 6) is -0.833. The zero-order valence-corrected chi connectivity index (χ0v) is 18.2. The number of nitrogens with zero attached hydrogens (tertiary/aromatic N) is 4. The molecule has 1 atom stereocenters. The van der Waals surface area contributed by atoms with Crippen LogP contribution in [0.3, 0.4) is 0 Å². The van der Waals surface area contributed by atoms with Crippen molar-refractivity contribution < 1.29 is 19.4 Å². The number of carbonyl (C=O) groups is 2. The van der Waals surface area contributed by atoms with Crippen molar-refractivity contribution in [3.63, 3.8) is 0 Å². The Morgan fingerprint density at radius 2 is 2.13 bits per heavy atom. The maximum absolute atomic E-state index is 12.0. The molecule has 1 aromatic carbocycles. The zero-order chi connectivity index (χ0) is 21.8. The second-order valence-corrected chi connectivity index (χ2v) is 9.22. The Balaban J connectivity index is 1.79. The van der Waals surface area contributed by atoms with E-state index < -0.39 is 11.9 Å². The summed E-state index contributed by atoms with van der Waals surface area (Å²) in [4.78, 5) is 27.3. The number of aromatic hydroxyl groups is 1. The van der Waals surface area contributed by atoms with Crippen LogP contribution in [0.5, 0.6) is 5.88 Å². The molecule has 3 heterocycles. The van der Waals surface area contributed by atoms with Gasteiger partial charge in [0.05, 0.1) is 17.5 Å². The molecule has 30 heavy (non-hydrogen) atoms. The van der Waals surface area contributed by atoms with Gasteiger partial charge in [-0.2, -0.15) is 4.99 Å². The Bertz CT molecular complexity index is 1190. The number of aryl methyl sites for hydroxylation is 1. The lowest BCUT2D eigenvalue weighted by Gasteiger charge is -2.37. The Labute approximate surface area is 177 Å². The van der Waals surface area contributed by atoms with Gasteiger partial charge in [-0.1, -0.05) is 18.6 Å². The van der Waals surface area contributed by atoms with E-state index in [1.807, 2.05) is 17.6 Å². The Kier molecular flexibility index (Phi) is 4.80. The quantitative estimate of drug-likeness (QED) is 0.427. The van der Waals surface area contributed by atoms with Crippen molar-refractivity contribution in [2.75, 3.05) is 7.11 Å². The average molecular weight is 426 g/mol. The van der Waals surface area contributed by atoms with Gasteiger partial charge < -0.3 is 14.4 Å². The molecular weight excluding hydrogens is 404 g/mol. The molecule has 8 nitrogen and oxygen atoms in total. The minimum absolute atomic E-state index is 0.0396. The molecule has 0 saturated carbocycles. The zero-order valence-electron chi connectivity index (χ0n) is 17.4. The molecule has 0 aliphatic carbocycles. The number of hydrogen-bond acceptors (Lipinski definition) is 7. The number of esters is 1. The molecule has 1 unspecified atom stereocenters. The summed E-state index contributed by atoms with van der Waals surface area (Å²) in [6.07, 6.45) is 1.96. The third-order valence-electron chi connectivity index (χ3n) is 5.42. The fourth-order valence-electron chi connectivity index (χ4n) is 4.28. The van der Waals surface area contributed by atoms with Crippen LogP contribution in [0.25, 0.3) is 10.9 Å². The first-order chi connectivity index (χ1) is 14.1. The monoisotopic (exact) mass is 426 g/mol. The molecule has 156 valence electrons. The normalized spacial score (nSPS) is 21.6. The van der Waals surface area contributed by atoms with E-state index in [0.717, 1.165) is 40.7 Å². The van der Waals surface area contributed by atoms with Crippen molar-refractivity contribution in [1.82, 2.24) is 4.57 Å². The molecule has 0 saturated heterocycles. The summed E-state index contributed by atoms with van der Waals surface area (Å²) >= 11 is 0.936. The molecule has 4 rings (SSSR count). The lowest BCUT2D eigenvalue weighted by Crippen LogP contribution is -2.31. The highest BCUT2D eigenvalue weighted by atomic mass is 32.2. The summed E-state index contributed by atoms with van der Waals surface area (Å²) in [5, 5.41) is 20.3. The first kappa shape index (κ1) is 20.3. The number of amidine groups is 1. The number of ether oxygens (including phenoxy) is 1. The van der Waals surface area contributed by atoms with Crippen molar-refractivity contribution in [2.45, 2.75) is 45.6 Å². The molecule has 2 aromatic rings. The lowest BCUT2D eigenvalue weighted by atomic mass is 9.82. The number of methoxy groups -OCH3 is 1. The topological polar surface area (TPSA) is 106 Å². The van der Waals surface area contributed by atoms with Crippen molar-refractivity contribution in [2.24, 2.45) is 15.2 Å². The van der Waals surface area contributed by atoms with Gasteiger partial charge in [-0.25, -0.2) is 4.79 Å². The van der Waals surface area contributed by atoms with E-state index in [9.17, 15) is 14.7 Å². The molecule has 1 amide bonds. The highest BCUT2D eigenvalue weighted by Crippen LogP contribution is 2.51. The number of amides is 1. The van der Waals surface area contributed by atoms with Gasteiger partial charge in [0.1, 0.15) is 0 Å². The third kappa shape index (κ3) is 3.23. The van der Waals surface area contributed by atoms with Gasteiger partial charge in [-0.15, -0.1) is 10.2 Å². The summed E-state index contributed by atoms with van der Waals surface area (Å²) in [5.41, 5.74) is 3.26. The van der Waals surface area contributed by atoms with E-state index in [1.54, 1.807) is 0 Å². The number of azo groups is 1. The first-order valence-corrected chi connectivity index (χ1v) is 10.3. The molecule has 2 aliphatic heterocycles. The minimum atomic E-state index is -0.641. The number of carbonyl (C=O) groups excluding carboxylic acids is 2. The highest BCUT2D eigenvalue weighted by Gasteiger charge is 2.36. The lowest BCUT2D eigenvalue weighted by molar-refractivity contribution is -0.135. The number of hydrogen-bond donors (Lipinski definition) is 1. The molecule has 0 fully saturated rings. The fraction of sp³-hybridized carbons (Fsp3) is 0.381. The highest BCUT2D eigenvalue weighted by molar-refractivity contribution is 8.18. The van der Waals surface area contributed by atoms with Crippen LogP contribution in [0.1, 0.15) is 44.2 Å². The van der Waals surface area contributed by atoms with Gasteiger partial charge in [0.25, 0.3) is 5.91 Å². The van der Waals surface area contributed by atoms with Crippen LogP contribution in [0.2, 0.25) is 0 Å². The van der Waals surface area contributed by atoms with E-state index in [-0.39, 0.29) is 21.5 Å². The SMILES string of the molecule is COC(=O)C=C1SC(N=Nc2c(O)n3c4c(cc(C)cc24)C(C)CC3(C)C)=NC1=O. The number of aliphatic imine (C=N–C) groups is 1. The van der Waals surface area contributed by atoms with Gasteiger partial charge in [0.2, 0.25) is 11.0 Å². The smallest absolute Gasteiger partial charge is 0.331 e. The summed E-state index contributed by atoms with van der Waals surface area (Å²) in [6, 6.07) is 4.13. The van der Waals surface area contributed by atoms with Crippen LogP contribution in [0, 0.1) is 6.92 Å². The van der Waals surface area contributed by atoms with E-state index in [0.29, 0.717) is 11.6 Å². The standard InChI is InChI=1S/C21H22N4O4S/c1-10-6-12-11(2)9-21(3,4)25-17(12)13(7-10)16(19(25)28)23-24-20-22-18(27)14(30-20)8-15(26)29-5/h6-8,11,28H,9H2,1-5H3. The summed E-state index contributed by atoms with van der Waals surface area (Å²) < 4.78 is 6.46. The molecule has 0 radical (unpaired) electrons. The summed E-state index contributed by atoms with van der Waals surface area (Å²) in [6.45, 7) is 8.38. The van der Waals surface area contributed by atoms with Crippen LogP contribution < -0.4 is 0 Å². The molecule has 1 N–H and O–H groups in total. The van der Waals surface area contributed by atoms with Crippen molar-refractivity contribution in [3.05, 3.63) is 34.2 Å². The van der Waals surface area contributed by atoms with Gasteiger partial charge >= 0.3 is 5.97 Å². The predicted octanol–water partition coefficient (Wildman–Crippen LogP) is 4.67. The molecule has 1 aromatic heterocycles. The maximum atomic E-state index is 12.0. The van der Waals surface area contributed by atoms with E-state index >= 15 is 0 Å². The first-order valence-electron chi connectivity index (χ1n) is 9.53. The largest absolute Gasteiger partial charge is 0.493 e. The molecule has 9 heteroatoms. The van der Waals surface area contributed by atoms with Crippen LogP contribution in [0.15, 0.2) is 38.3 Å². The van der Waals surface area contributed by atoms with Crippen LogP contribution in [0.4, 0.5) is 5.69 Å². The van der Waals surface area contributed by atoms with Crippen molar-refractivity contribution in [3.8, 4) is 5.88 Å². The van der Waals surface area contributed by atoms with Crippen LogP contribution in [-0.2, 0) is 19.9 Å². The summed E-state index contributed by atoms with van der Waals surface area (Å²) in [7, 11) is 1.23. The van der Waals surface area contributed by atoms with Crippen LogP contribution >= 0.6 is 11.8 Å². The number of rotatable bonds is 2. The Hall–Kier alpha value is -2.94. The Morgan fingerprint density at radius 3 is 2.83 bits per heavy atom. The van der Waals surface area contributed by atoms with Crippen LogP contribution in [-0.4, -0.2) is 33.8 Å². The van der Waals surface area contributed by atoms with Gasteiger partial charge in [-0.05, 0) is 56.5 Å². The number of benzene rings is 1. The number of thioether (sulfide) groups is 1. The van der Waals surface area contributed by atoms with E-state index in [4.69, 9.17) is 0 Å². The van der Waals surface area contributed by atoms with Crippen molar-refractivity contribution >= 4 is 45.4 Å². The third-order valence-corrected chi connectivity index (χ3v) is 6.29. The van der Waals surface area contributed by atoms with Gasteiger partial charge in [0.15, 0.2) is 5.69 Å². The van der Waals surface area contributed by atoms with E-state index in [1.165, 1.54) is 12.7 Å². The second-order valence-electron chi connectivity index (χ2n) is 8.21.